The second kappa shape index (κ2) is 10.3. The Balaban J connectivity index is 0.00000242. The summed E-state index contributed by atoms with van der Waals surface area (Å²) in [7, 11) is 0. The lowest BCUT2D eigenvalue weighted by molar-refractivity contribution is -0.121. The van der Waals surface area contributed by atoms with Crippen molar-refractivity contribution in [3.05, 3.63) is 0 Å². The zero-order valence-electron chi connectivity index (χ0n) is 13.7. The van der Waals surface area contributed by atoms with Gasteiger partial charge in [0.05, 0.1) is 6.54 Å². The molecule has 2 rings (SSSR count). The van der Waals surface area contributed by atoms with E-state index in [4.69, 9.17) is 5.73 Å². The van der Waals surface area contributed by atoms with E-state index < -0.39 is 0 Å². The summed E-state index contributed by atoms with van der Waals surface area (Å²) in [6, 6.07) is 0.385. The second-order valence-corrected chi connectivity index (χ2v) is 6.56. The molecule has 0 aromatic rings. The zero-order chi connectivity index (χ0) is 15.1. The molecule has 1 saturated heterocycles. The quantitative estimate of drug-likeness (QED) is 0.416. The lowest BCUT2D eigenvalue weighted by atomic mass is 9.95. The molecule has 0 bridgehead atoms. The highest BCUT2D eigenvalue weighted by Gasteiger charge is 2.17. The number of carbonyl (C=O) groups excluding carboxylic acids is 1. The van der Waals surface area contributed by atoms with Gasteiger partial charge in [-0.3, -0.25) is 9.79 Å². The average Bonchev–Trinajstić information content (AvgIpc) is 2.49. The molecule has 5 nitrogen and oxygen atoms in total. The van der Waals surface area contributed by atoms with Crippen LogP contribution in [0.15, 0.2) is 4.99 Å². The summed E-state index contributed by atoms with van der Waals surface area (Å²) >= 11 is 0. The SMILES string of the molecule is CC1CCN(C(N)=NCCC(=O)NC2CCCCC2)CC1.I. The van der Waals surface area contributed by atoms with Crippen LogP contribution in [0.4, 0.5) is 0 Å². The number of piperidine rings is 1. The molecule has 1 amide bonds. The monoisotopic (exact) mass is 422 g/mol. The fourth-order valence-corrected chi connectivity index (χ4v) is 3.16. The minimum absolute atomic E-state index is 0. The van der Waals surface area contributed by atoms with Crippen molar-refractivity contribution < 1.29 is 4.79 Å². The maximum Gasteiger partial charge on any atom is 0.222 e. The third kappa shape index (κ3) is 6.71. The van der Waals surface area contributed by atoms with Gasteiger partial charge in [0.2, 0.25) is 5.91 Å². The maximum absolute atomic E-state index is 11.9. The molecule has 0 atom stereocenters. The van der Waals surface area contributed by atoms with Gasteiger partial charge < -0.3 is 16.0 Å². The van der Waals surface area contributed by atoms with Crippen LogP contribution in [0.1, 0.15) is 58.3 Å². The Morgan fingerprint density at radius 2 is 1.82 bits per heavy atom. The van der Waals surface area contributed by atoms with Gasteiger partial charge in [-0.05, 0) is 31.6 Å². The van der Waals surface area contributed by atoms with Gasteiger partial charge in [0.1, 0.15) is 0 Å². The van der Waals surface area contributed by atoms with Gasteiger partial charge in [0.25, 0.3) is 0 Å². The molecule has 0 radical (unpaired) electrons. The predicted molar refractivity (Wildman–Crippen MR) is 102 cm³/mol. The minimum Gasteiger partial charge on any atom is -0.370 e. The average molecular weight is 422 g/mol. The zero-order valence-corrected chi connectivity index (χ0v) is 16.1. The number of halogens is 1. The third-order valence-electron chi connectivity index (χ3n) is 4.69. The Bertz CT molecular complexity index is 361. The molecular formula is C16H31IN4O. The van der Waals surface area contributed by atoms with Crippen LogP contribution in [0.3, 0.4) is 0 Å². The highest BCUT2D eigenvalue weighted by molar-refractivity contribution is 14.0. The summed E-state index contributed by atoms with van der Waals surface area (Å²) in [5.74, 6) is 1.51. The first-order valence-electron chi connectivity index (χ1n) is 8.49. The smallest absolute Gasteiger partial charge is 0.222 e. The van der Waals surface area contributed by atoms with Crippen molar-refractivity contribution in [1.82, 2.24) is 10.2 Å². The molecule has 1 aliphatic heterocycles. The summed E-state index contributed by atoms with van der Waals surface area (Å²) in [4.78, 5) is 18.4. The summed E-state index contributed by atoms with van der Waals surface area (Å²) in [6.07, 6.45) is 8.85. The highest BCUT2D eigenvalue weighted by atomic mass is 127. The van der Waals surface area contributed by atoms with Crippen molar-refractivity contribution in [2.75, 3.05) is 19.6 Å². The fourth-order valence-electron chi connectivity index (χ4n) is 3.16. The Kier molecular flexibility index (Phi) is 9.12. The molecule has 1 heterocycles. The Hall–Kier alpha value is -0.530. The Morgan fingerprint density at radius 3 is 2.45 bits per heavy atom. The molecule has 128 valence electrons. The third-order valence-corrected chi connectivity index (χ3v) is 4.69. The van der Waals surface area contributed by atoms with E-state index in [-0.39, 0.29) is 29.9 Å². The number of carbonyl (C=O) groups is 1. The van der Waals surface area contributed by atoms with Gasteiger partial charge in [0, 0.05) is 25.6 Å². The lowest BCUT2D eigenvalue weighted by Crippen LogP contribution is -2.42. The second-order valence-electron chi connectivity index (χ2n) is 6.56. The number of amides is 1. The molecule has 2 aliphatic rings. The van der Waals surface area contributed by atoms with Crippen molar-refractivity contribution >= 4 is 35.8 Å². The molecule has 6 heteroatoms. The Morgan fingerprint density at radius 1 is 1.18 bits per heavy atom. The summed E-state index contributed by atoms with van der Waals surface area (Å²) in [5.41, 5.74) is 6.01. The minimum atomic E-state index is 0. The van der Waals surface area contributed by atoms with Gasteiger partial charge in [-0.25, -0.2) is 0 Å². The first kappa shape index (κ1) is 19.5. The molecule has 0 unspecified atom stereocenters. The van der Waals surface area contributed by atoms with E-state index in [0.29, 0.717) is 25.0 Å². The first-order valence-corrected chi connectivity index (χ1v) is 8.49. The van der Waals surface area contributed by atoms with Crippen molar-refractivity contribution in [2.45, 2.75) is 64.3 Å². The molecule has 1 aliphatic carbocycles. The van der Waals surface area contributed by atoms with E-state index in [0.717, 1.165) is 31.8 Å². The predicted octanol–water partition coefficient (Wildman–Crippen LogP) is 2.49. The molecule has 2 fully saturated rings. The number of hydrogen-bond acceptors (Lipinski definition) is 2. The Labute approximate surface area is 151 Å². The normalized spacial score (nSPS) is 21.3. The van der Waals surface area contributed by atoms with Crippen molar-refractivity contribution in [2.24, 2.45) is 16.6 Å². The number of rotatable bonds is 4. The van der Waals surface area contributed by atoms with Crippen LogP contribution in [0, 0.1) is 5.92 Å². The standard InChI is InChI=1S/C16H30N4O.HI/c1-13-8-11-20(12-9-13)16(17)18-10-7-15(21)19-14-5-3-2-4-6-14;/h13-14H,2-12H2,1H3,(H2,17,18)(H,19,21);1H. The van der Waals surface area contributed by atoms with Crippen molar-refractivity contribution in [1.29, 1.82) is 0 Å². The van der Waals surface area contributed by atoms with E-state index in [9.17, 15) is 4.79 Å². The van der Waals surface area contributed by atoms with Gasteiger partial charge >= 0.3 is 0 Å². The molecule has 0 aromatic heterocycles. The van der Waals surface area contributed by atoms with Crippen LogP contribution in [0.5, 0.6) is 0 Å². The van der Waals surface area contributed by atoms with Gasteiger partial charge in [-0.2, -0.15) is 0 Å². The lowest BCUT2D eigenvalue weighted by Gasteiger charge is -2.31. The van der Waals surface area contributed by atoms with Crippen LogP contribution >= 0.6 is 24.0 Å². The van der Waals surface area contributed by atoms with Crippen LogP contribution in [0.2, 0.25) is 0 Å². The largest absolute Gasteiger partial charge is 0.370 e. The van der Waals surface area contributed by atoms with E-state index in [1.807, 2.05) is 0 Å². The molecule has 0 spiro atoms. The van der Waals surface area contributed by atoms with Gasteiger partial charge in [0.15, 0.2) is 5.96 Å². The first-order chi connectivity index (χ1) is 10.1. The number of nitrogens with one attached hydrogen (secondary N) is 1. The molecule has 3 N–H and O–H groups in total. The van der Waals surface area contributed by atoms with Crippen molar-refractivity contribution in [3.8, 4) is 0 Å². The summed E-state index contributed by atoms with van der Waals surface area (Å²) in [5, 5.41) is 3.12. The van der Waals surface area contributed by atoms with Crippen LogP contribution < -0.4 is 11.1 Å². The molecule has 0 aromatic carbocycles. The fraction of sp³-hybridized carbons (Fsp3) is 0.875. The van der Waals surface area contributed by atoms with Gasteiger partial charge in [-0.15, -0.1) is 24.0 Å². The molecule has 22 heavy (non-hydrogen) atoms. The number of guanidine groups is 1. The van der Waals surface area contributed by atoms with Crippen molar-refractivity contribution in [3.63, 3.8) is 0 Å². The van der Waals surface area contributed by atoms with Gasteiger partial charge in [-0.1, -0.05) is 26.2 Å². The highest BCUT2D eigenvalue weighted by Crippen LogP contribution is 2.17. The summed E-state index contributed by atoms with van der Waals surface area (Å²) < 4.78 is 0. The van der Waals surface area contributed by atoms with Crippen LogP contribution in [-0.2, 0) is 4.79 Å². The van der Waals surface area contributed by atoms with Crippen LogP contribution in [-0.4, -0.2) is 42.4 Å². The molecule has 1 saturated carbocycles. The van der Waals surface area contributed by atoms with E-state index in [2.05, 4.69) is 22.1 Å². The van der Waals surface area contributed by atoms with Crippen LogP contribution in [0.25, 0.3) is 0 Å². The van der Waals surface area contributed by atoms with E-state index in [1.54, 1.807) is 0 Å². The number of nitrogens with zero attached hydrogens (tertiary/aromatic N) is 2. The number of likely N-dealkylation sites (tertiary alicyclic amines) is 1. The number of hydrogen-bond donors (Lipinski definition) is 2. The number of aliphatic imine (C=N–C) groups is 1. The maximum atomic E-state index is 11.9. The number of nitrogens with two attached hydrogens (primary N) is 1. The van der Waals surface area contributed by atoms with E-state index >= 15 is 0 Å². The van der Waals surface area contributed by atoms with E-state index in [1.165, 1.54) is 32.1 Å². The topological polar surface area (TPSA) is 70.7 Å². The molecular weight excluding hydrogens is 391 g/mol. The summed E-state index contributed by atoms with van der Waals surface area (Å²) in [6.45, 7) is 4.76.